The summed E-state index contributed by atoms with van der Waals surface area (Å²) in [7, 11) is 0. The van der Waals surface area contributed by atoms with Crippen molar-refractivity contribution in [2.75, 3.05) is 6.61 Å². The quantitative estimate of drug-likeness (QED) is 0.539. The van der Waals surface area contributed by atoms with Crippen molar-refractivity contribution < 1.29 is 9.53 Å². The molecule has 0 atom stereocenters. The van der Waals surface area contributed by atoms with E-state index in [4.69, 9.17) is 21.6 Å². The van der Waals surface area contributed by atoms with E-state index < -0.39 is 5.97 Å². The van der Waals surface area contributed by atoms with E-state index in [1.807, 2.05) is 13.0 Å². The molecular formula is C17H13ClN4O2. The van der Waals surface area contributed by atoms with Gasteiger partial charge in [-0.05, 0) is 25.5 Å². The van der Waals surface area contributed by atoms with Gasteiger partial charge in [0.05, 0.1) is 23.9 Å². The van der Waals surface area contributed by atoms with Crippen molar-refractivity contribution in [1.82, 2.24) is 14.6 Å². The van der Waals surface area contributed by atoms with Gasteiger partial charge < -0.3 is 4.74 Å². The van der Waals surface area contributed by atoms with E-state index in [0.29, 0.717) is 16.9 Å². The number of aromatic nitrogens is 3. The predicted molar refractivity (Wildman–Crippen MR) is 88.8 cm³/mol. The molecule has 24 heavy (non-hydrogen) atoms. The minimum Gasteiger partial charge on any atom is -0.461 e. The second kappa shape index (κ2) is 6.30. The molecule has 7 heteroatoms. The SMILES string of the molecule is CCOC(=O)c1cc(Cl)n2nc(-c3cccc(C#N)c3C)cc2n1. The third-order valence-corrected chi connectivity index (χ3v) is 3.87. The third-order valence-electron chi connectivity index (χ3n) is 3.60. The summed E-state index contributed by atoms with van der Waals surface area (Å²) < 4.78 is 6.39. The van der Waals surface area contributed by atoms with Crippen LogP contribution in [0.25, 0.3) is 16.9 Å². The molecule has 0 radical (unpaired) electrons. The Morgan fingerprint density at radius 2 is 2.21 bits per heavy atom. The number of benzene rings is 1. The minimum atomic E-state index is -0.535. The molecule has 1 aromatic carbocycles. The monoisotopic (exact) mass is 340 g/mol. The summed E-state index contributed by atoms with van der Waals surface area (Å²) in [6.45, 7) is 3.84. The number of halogens is 1. The third kappa shape index (κ3) is 2.70. The zero-order valence-electron chi connectivity index (χ0n) is 13.1. The van der Waals surface area contributed by atoms with E-state index in [1.54, 1.807) is 25.1 Å². The van der Waals surface area contributed by atoms with Gasteiger partial charge in [-0.15, -0.1) is 0 Å². The Bertz CT molecular complexity index is 988. The van der Waals surface area contributed by atoms with Gasteiger partial charge in [-0.2, -0.15) is 10.4 Å². The number of carbonyl (C=O) groups excluding carboxylic acids is 1. The molecule has 2 aromatic heterocycles. The van der Waals surface area contributed by atoms with Crippen LogP contribution in [0.3, 0.4) is 0 Å². The Morgan fingerprint density at radius 1 is 1.42 bits per heavy atom. The molecule has 0 aliphatic carbocycles. The van der Waals surface area contributed by atoms with Gasteiger partial charge in [-0.1, -0.05) is 23.7 Å². The number of nitrogens with zero attached hydrogens (tertiary/aromatic N) is 4. The van der Waals surface area contributed by atoms with Gasteiger partial charge in [-0.25, -0.2) is 14.3 Å². The highest BCUT2D eigenvalue weighted by Crippen LogP contribution is 2.26. The summed E-state index contributed by atoms with van der Waals surface area (Å²) in [6, 6.07) is 10.7. The fourth-order valence-electron chi connectivity index (χ4n) is 2.41. The Morgan fingerprint density at radius 3 is 2.92 bits per heavy atom. The number of nitriles is 1. The first-order valence-electron chi connectivity index (χ1n) is 7.28. The van der Waals surface area contributed by atoms with Gasteiger partial charge in [0, 0.05) is 17.7 Å². The summed E-state index contributed by atoms with van der Waals surface area (Å²) in [5, 5.41) is 13.8. The zero-order valence-corrected chi connectivity index (χ0v) is 13.8. The highest BCUT2D eigenvalue weighted by molar-refractivity contribution is 6.30. The first-order valence-corrected chi connectivity index (χ1v) is 7.66. The first-order chi connectivity index (χ1) is 11.5. The topological polar surface area (TPSA) is 80.3 Å². The fourth-order valence-corrected chi connectivity index (χ4v) is 2.64. The average molecular weight is 341 g/mol. The van der Waals surface area contributed by atoms with Crippen LogP contribution >= 0.6 is 11.6 Å². The Hall–Kier alpha value is -2.91. The van der Waals surface area contributed by atoms with Crippen LogP contribution in [0.15, 0.2) is 30.3 Å². The van der Waals surface area contributed by atoms with E-state index in [1.165, 1.54) is 10.6 Å². The highest BCUT2D eigenvalue weighted by Gasteiger charge is 2.16. The molecule has 0 saturated heterocycles. The number of carbonyl (C=O) groups is 1. The number of esters is 1. The van der Waals surface area contributed by atoms with Gasteiger partial charge in [0.15, 0.2) is 11.3 Å². The molecular weight excluding hydrogens is 328 g/mol. The van der Waals surface area contributed by atoms with Crippen LogP contribution in [0.1, 0.15) is 28.5 Å². The van der Waals surface area contributed by atoms with Crippen molar-refractivity contribution in [3.05, 3.63) is 52.3 Å². The van der Waals surface area contributed by atoms with Gasteiger partial charge in [0.1, 0.15) is 5.15 Å². The lowest BCUT2D eigenvalue weighted by molar-refractivity contribution is 0.0519. The predicted octanol–water partition coefficient (Wildman–Crippen LogP) is 3.41. The lowest BCUT2D eigenvalue weighted by Crippen LogP contribution is -2.08. The van der Waals surface area contributed by atoms with Gasteiger partial charge in [0.2, 0.25) is 0 Å². The van der Waals surface area contributed by atoms with E-state index in [-0.39, 0.29) is 17.5 Å². The Balaban J connectivity index is 2.14. The van der Waals surface area contributed by atoms with Crippen LogP contribution in [0.4, 0.5) is 0 Å². The lowest BCUT2D eigenvalue weighted by atomic mass is 10.0. The summed E-state index contributed by atoms with van der Waals surface area (Å²) in [5.41, 5.74) is 3.40. The van der Waals surface area contributed by atoms with E-state index >= 15 is 0 Å². The van der Waals surface area contributed by atoms with Gasteiger partial charge >= 0.3 is 5.97 Å². The molecule has 0 bridgehead atoms. The minimum absolute atomic E-state index is 0.128. The molecule has 0 N–H and O–H groups in total. The average Bonchev–Trinajstić information content (AvgIpc) is 2.99. The first kappa shape index (κ1) is 16.0. The second-order valence-corrected chi connectivity index (χ2v) is 5.46. The largest absolute Gasteiger partial charge is 0.461 e. The van der Waals surface area contributed by atoms with Gasteiger partial charge in [0.25, 0.3) is 0 Å². The number of hydrogen-bond acceptors (Lipinski definition) is 5. The van der Waals surface area contributed by atoms with Crippen molar-refractivity contribution >= 4 is 23.2 Å². The van der Waals surface area contributed by atoms with E-state index in [9.17, 15) is 4.79 Å². The standard InChI is InChI=1S/C17H13ClN4O2/c1-3-24-17(23)14-7-15(18)22-16(20-14)8-13(21-22)12-6-4-5-11(9-19)10(12)2/h4-8H,3H2,1-2H3. The summed E-state index contributed by atoms with van der Waals surface area (Å²) in [6.07, 6.45) is 0. The Labute approximate surface area is 143 Å². The molecule has 6 nitrogen and oxygen atoms in total. The molecule has 0 aliphatic rings. The van der Waals surface area contributed by atoms with Crippen LogP contribution < -0.4 is 0 Å². The molecule has 0 amide bonds. The molecule has 0 aliphatic heterocycles. The fraction of sp³-hybridized carbons (Fsp3) is 0.176. The smallest absolute Gasteiger partial charge is 0.357 e. The summed E-state index contributed by atoms with van der Waals surface area (Å²) >= 11 is 6.21. The van der Waals surface area contributed by atoms with Crippen molar-refractivity contribution in [3.8, 4) is 17.3 Å². The van der Waals surface area contributed by atoms with Crippen LogP contribution in [0.2, 0.25) is 5.15 Å². The van der Waals surface area contributed by atoms with Crippen molar-refractivity contribution in [3.63, 3.8) is 0 Å². The number of rotatable bonds is 3. The van der Waals surface area contributed by atoms with Crippen molar-refractivity contribution in [2.24, 2.45) is 0 Å². The molecule has 0 fully saturated rings. The maximum Gasteiger partial charge on any atom is 0.357 e. The van der Waals surface area contributed by atoms with Crippen LogP contribution in [-0.4, -0.2) is 27.2 Å². The maximum absolute atomic E-state index is 11.8. The highest BCUT2D eigenvalue weighted by atomic mass is 35.5. The van der Waals surface area contributed by atoms with Crippen LogP contribution in [-0.2, 0) is 4.74 Å². The summed E-state index contributed by atoms with van der Waals surface area (Å²) in [4.78, 5) is 16.1. The number of hydrogen-bond donors (Lipinski definition) is 0. The zero-order chi connectivity index (χ0) is 17.3. The van der Waals surface area contributed by atoms with Crippen molar-refractivity contribution in [1.29, 1.82) is 5.26 Å². The second-order valence-electron chi connectivity index (χ2n) is 5.07. The lowest BCUT2D eigenvalue weighted by Gasteiger charge is -2.03. The number of fused-ring (bicyclic) bond motifs is 1. The van der Waals surface area contributed by atoms with E-state index in [2.05, 4.69) is 16.2 Å². The van der Waals surface area contributed by atoms with Crippen molar-refractivity contribution in [2.45, 2.75) is 13.8 Å². The summed E-state index contributed by atoms with van der Waals surface area (Å²) in [5.74, 6) is -0.535. The molecule has 3 rings (SSSR count). The molecule has 120 valence electrons. The molecule has 2 heterocycles. The normalized spacial score (nSPS) is 10.6. The number of ether oxygens (including phenoxy) is 1. The van der Waals surface area contributed by atoms with E-state index in [0.717, 1.165) is 11.1 Å². The maximum atomic E-state index is 11.8. The molecule has 3 aromatic rings. The van der Waals surface area contributed by atoms with Crippen LogP contribution in [0, 0.1) is 18.3 Å². The molecule has 0 unspecified atom stereocenters. The van der Waals surface area contributed by atoms with Gasteiger partial charge in [-0.3, -0.25) is 0 Å². The van der Waals surface area contributed by atoms with Crippen LogP contribution in [0.5, 0.6) is 0 Å². The Kier molecular flexibility index (Phi) is 4.19. The molecule has 0 spiro atoms. The molecule has 0 saturated carbocycles.